The van der Waals surface area contributed by atoms with E-state index in [2.05, 4.69) is 15.3 Å². The van der Waals surface area contributed by atoms with Crippen LogP contribution in [-0.4, -0.2) is 22.4 Å². The van der Waals surface area contributed by atoms with Crippen molar-refractivity contribution in [2.75, 3.05) is 6.54 Å². The van der Waals surface area contributed by atoms with Crippen molar-refractivity contribution in [3.63, 3.8) is 0 Å². The number of benzene rings is 1. The number of nitrogens with one attached hydrogen (secondary N) is 1. The van der Waals surface area contributed by atoms with Gasteiger partial charge in [0, 0.05) is 12.2 Å². The summed E-state index contributed by atoms with van der Waals surface area (Å²) in [6.07, 6.45) is 2.22. The van der Waals surface area contributed by atoms with Crippen molar-refractivity contribution in [1.29, 1.82) is 0 Å². The van der Waals surface area contributed by atoms with Gasteiger partial charge in [0.2, 0.25) is 0 Å². The van der Waals surface area contributed by atoms with Gasteiger partial charge in [-0.05, 0) is 25.0 Å². The molecule has 1 N–H and O–H groups in total. The summed E-state index contributed by atoms with van der Waals surface area (Å²) in [5, 5.41) is 2.85. The highest BCUT2D eigenvalue weighted by atomic mass is 16.1. The van der Waals surface area contributed by atoms with E-state index in [0.29, 0.717) is 12.2 Å². The van der Waals surface area contributed by atoms with Crippen molar-refractivity contribution in [2.45, 2.75) is 13.3 Å². The van der Waals surface area contributed by atoms with Gasteiger partial charge in [0.15, 0.2) is 0 Å². The lowest BCUT2D eigenvalue weighted by Gasteiger charge is -2.05. The van der Waals surface area contributed by atoms with Gasteiger partial charge in [-0.2, -0.15) is 0 Å². The fourth-order valence-corrected chi connectivity index (χ4v) is 1.63. The van der Waals surface area contributed by atoms with Crippen LogP contribution in [-0.2, 0) is 6.42 Å². The molecule has 0 fully saturated rings. The lowest BCUT2D eigenvalue weighted by Crippen LogP contribution is -2.26. The number of hydrogen-bond acceptors (Lipinski definition) is 3. The number of carbonyl (C=O) groups is 1. The molecule has 0 aliphatic heterocycles. The zero-order chi connectivity index (χ0) is 12.8. The first-order chi connectivity index (χ1) is 8.75. The maximum atomic E-state index is 11.8. The van der Waals surface area contributed by atoms with Crippen LogP contribution in [0.15, 0.2) is 42.7 Å². The van der Waals surface area contributed by atoms with Crippen LogP contribution in [0.25, 0.3) is 0 Å². The van der Waals surface area contributed by atoms with Crippen molar-refractivity contribution >= 4 is 5.91 Å². The second kappa shape index (κ2) is 5.91. The topological polar surface area (TPSA) is 54.9 Å². The van der Waals surface area contributed by atoms with Gasteiger partial charge in [-0.3, -0.25) is 4.79 Å². The minimum atomic E-state index is -0.156. The number of hydrogen-bond donors (Lipinski definition) is 1. The molecule has 1 aromatic heterocycles. The monoisotopic (exact) mass is 241 g/mol. The molecule has 0 bridgehead atoms. The minimum Gasteiger partial charge on any atom is -0.350 e. The molecule has 0 radical (unpaired) electrons. The molecule has 0 aliphatic rings. The average molecular weight is 241 g/mol. The third-order valence-electron chi connectivity index (χ3n) is 2.58. The number of carbonyl (C=O) groups excluding carboxylic acids is 1. The van der Waals surface area contributed by atoms with E-state index in [1.54, 1.807) is 6.07 Å². The van der Waals surface area contributed by atoms with Gasteiger partial charge in [-0.15, -0.1) is 0 Å². The molecule has 1 heterocycles. The quantitative estimate of drug-likeness (QED) is 0.887. The molecule has 4 nitrogen and oxygen atoms in total. The van der Waals surface area contributed by atoms with Gasteiger partial charge in [0.1, 0.15) is 12.0 Å². The van der Waals surface area contributed by atoms with E-state index in [0.717, 1.165) is 12.1 Å². The molecule has 0 saturated heterocycles. The molecular formula is C14H15N3O. The van der Waals surface area contributed by atoms with E-state index in [-0.39, 0.29) is 5.91 Å². The molecule has 18 heavy (non-hydrogen) atoms. The summed E-state index contributed by atoms with van der Waals surface area (Å²) >= 11 is 0. The lowest BCUT2D eigenvalue weighted by molar-refractivity contribution is 0.0949. The molecule has 2 rings (SSSR count). The SMILES string of the molecule is Cc1cc(C(=O)NCCc2ccccc2)ncn1. The van der Waals surface area contributed by atoms with Crippen LogP contribution in [0.4, 0.5) is 0 Å². The van der Waals surface area contributed by atoms with E-state index in [9.17, 15) is 4.79 Å². The van der Waals surface area contributed by atoms with Crippen molar-refractivity contribution < 1.29 is 4.79 Å². The molecule has 1 amide bonds. The van der Waals surface area contributed by atoms with Crippen LogP contribution in [0.3, 0.4) is 0 Å². The van der Waals surface area contributed by atoms with Gasteiger partial charge in [0.25, 0.3) is 5.91 Å². The van der Waals surface area contributed by atoms with Crippen molar-refractivity contribution in [3.05, 3.63) is 59.7 Å². The highest BCUT2D eigenvalue weighted by Crippen LogP contribution is 1.99. The van der Waals surface area contributed by atoms with E-state index >= 15 is 0 Å². The van der Waals surface area contributed by atoms with Crippen molar-refractivity contribution in [3.8, 4) is 0 Å². The van der Waals surface area contributed by atoms with E-state index < -0.39 is 0 Å². The zero-order valence-corrected chi connectivity index (χ0v) is 10.3. The molecule has 0 saturated carbocycles. The smallest absolute Gasteiger partial charge is 0.270 e. The molecule has 2 aromatic rings. The van der Waals surface area contributed by atoms with Crippen LogP contribution in [0.5, 0.6) is 0 Å². The minimum absolute atomic E-state index is 0.156. The zero-order valence-electron chi connectivity index (χ0n) is 10.3. The maximum absolute atomic E-state index is 11.8. The predicted octanol–water partition coefficient (Wildman–Crippen LogP) is 1.76. The van der Waals surface area contributed by atoms with Gasteiger partial charge in [-0.25, -0.2) is 9.97 Å². The van der Waals surface area contributed by atoms with Crippen LogP contribution >= 0.6 is 0 Å². The number of aryl methyl sites for hydroxylation is 1. The predicted molar refractivity (Wildman–Crippen MR) is 69.2 cm³/mol. The Morgan fingerprint density at radius 1 is 1.22 bits per heavy atom. The summed E-state index contributed by atoms with van der Waals surface area (Å²) in [5.74, 6) is -0.156. The molecule has 0 unspecified atom stereocenters. The number of aromatic nitrogens is 2. The summed E-state index contributed by atoms with van der Waals surface area (Å²) in [5.41, 5.74) is 2.41. The van der Waals surface area contributed by atoms with Gasteiger partial charge in [-0.1, -0.05) is 30.3 Å². The van der Waals surface area contributed by atoms with Crippen molar-refractivity contribution in [2.24, 2.45) is 0 Å². The van der Waals surface area contributed by atoms with Gasteiger partial charge >= 0.3 is 0 Å². The Bertz CT molecular complexity index is 526. The Morgan fingerprint density at radius 3 is 2.72 bits per heavy atom. The standard InChI is InChI=1S/C14H15N3O/c1-11-9-13(17-10-16-11)14(18)15-8-7-12-5-3-2-4-6-12/h2-6,9-10H,7-8H2,1H3,(H,15,18). The second-order valence-electron chi connectivity index (χ2n) is 4.04. The normalized spacial score (nSPS) is 10.1. The van der Waals surface area contributed by atoms with Gasteiger partial charge < -0.3 is 5.32 Å². The summed E-state index contributed by atoms with van der Waals surface area (Å²) < 4.78 is 0. The van der Waals surface area contributed by atoms with Crippen LogP contribution in [0, 0.1) is 6.92 Å². The molecule has 0 spiro atoms. The van der Waals surface area contributed by atoms with Gasteiger partial charge in [0.05, 0.1) is 0 Å². The molecule has 1 aromatic carbocycles. The molecule has 0 aliphatic carbocycles. The lowest BCUT2D eigenvalue weighted by atomic mass is 10.1. The first-order valence-electron chi connectivity index (χ1n) is 5.86. The Labute approximate surface area is 106 Å². The summed E-state index contributed by atoms with van der Waals surface area (Å²) in [6.45, 7) is 2.44. The highest BCUT2D eigenvalue weighted by molar-refractivity contribution is 5.92. The van der Waals surface area contributed by atoms with E-state index in [1.807, 2.05) is 37.3 Å². The summed E-state index contributed by atoms with van der Waals surface area (Å²) in [4.78, 5) is 19.7. The maximum Gasteiger partial charge on any atom is 0.270 e. The Kier molecular flexibility index (Phi) is 4.02. The number of amides is 1. The summed E-state index contributed by atoms with van der Waals surface area (Å²) in [6, 6.07) is 11.7. The first-order valence-corrected chi connectivity index (χ1v) is 5.86. The first kappa shape index (κ1) is 12.2. The second-order valence-corrected chi connectivity index (χ2v) is 4.04. The van der Waals surface area contributed by atoms with Crippen molar-refractivity contribution in [1.82, 2.24) is 15.3 Å². The van der Waals surface area contributed by atoms with E-state index in [1.165, 1.54) is 11.9 Å². The fourth-order valence-electron chi connectivity index (χ4n) is 1.63. The largest absolute Gasteiger partial charge is 0.350 e. The Hall–Kier alpha value is -2.23. The molecule has 92 valence electrons. The number of nitrogens with zero attached hydrogens (tertiary/aromatic N) is 2. The van der Waals surface area contributed by atoms with Crippen LogP contribution in [0.2, 0.25) is 0 Å². The molecular weight excluding hydrogens is 226 g/mol. The van der Waals surface area contributed by atoms with E-state index in [4.69, 9.17) is 0 Å². The summed E-state index contributed by atoms with van der Waals surface area (Å²) in [7, 11) is 0. The third kappa shape index (κ3) is 3.38. The molecule has 0 atom stereocenters. The highest BCUT2D eigenvalue weighted by Gasteiger charge is 2.06. The van der Waals surface area contributed by atoms with Crippen LogP contribution in [0.1, 0.15) is 21.7 Å². The third-order valence-corrected chi connectivity index (χ3v) is 2.58. The molecule has 4 heteroatoms. The number of rotatable bonds is 4. The van der Waals surface area contributed by atoms with Crippen LogP contribution < -0.4 is 5.32 Å². The Morgan fingerprint density at radius 2 is 2.00 bits per heavy atom. The average Bonchev–Trinajstić information content (AvgIpc) is 2.40. The Balaban J connectivity index is 1.86. The fraction of sp³-hybridized carbons (Fsp3) is 0.214.